The number of carbonyl (C=O) groups is 1. The number of sulfonamides is 1. The summed E-state index contributed by atoms with van der Waals surface area (Å²) in [5, 5.41) is 0. The van der Waals surface area contributed by atoms with Crippen molar-refractivity contribution in [2.75, 3.05) is 38.6 Å². The summed E-state index contributed by atoms with van der Waals surface area (Å²) in [6.07, 6.45) is 3.57. The maximum Gasteiger partial charge on any atom is 0.243 e. The van der Waals surface area contributed by atoms with Crippen LogP contribution in [0.5, 0.6) is 0 Å². The molecule has 1 aliphatic rings. The van der Waals surface area contributed by atoms with Gasteiger partial charge in [-0.25, -0.2) is 12.8 Å². The zero-order valence-corrected chi connectivity index (χ0v) is 18.2. The van der Waals surface area contributed by atoms with E-state index in [1.807, 2.05) is 18.2 Å². The molecule has 0 spiro atoms. The van der Waals surface area contributed by atoms with E-state index in [0.717, 1.165) is 53.6 Å². The minimum absolute atomic E-state index is 0.0442. The number of carbonyl (C=O) groups excluding carboxylic acids is 1. The Kier molecular flexibility index (Phi) is 7.10. The minimum atomic E-state index is -3.87. The second kappa shape index (κ2) is 9.57. The SMILES string of the molecule is CN(Cc1ccccc1N1CCCCC1)C(=O)CN(C)S(=O)(=O)c1ccc(F)cc1. The normalized spacial score (nSPS) is 14.7. The molecule has 1 saturated heterocycles. The zero-order valence-electron chi connectivity index (χ0n) is 17.4. The molecule has 8 heteroatoms. The van der Waals surface area contributed by atoms with Crippen LogP contribution >= 0.6 is 0 Å². The molecule has 0 unspecified atom stereocenters. The number of amides is 1. The van der Waals surface area contributed by atoms with E-state index in [-0.39, 0.29) is 17.3 Å². The Morgan fingerprint density at radius 3 is 2.30 bits per heavy atom. The summed E-state index contributed by atoms with van der Waals surface area (Å²) in [5.74, 6) is -0.823. The predicted molar refractivity (Wildman–Crippen MR) is 115 cm³/mol. The molecule has 30 heavy (non-hydrogen) atoms. The molecule has 1 heterocycles. The molecule has 1 fully saturated rings. The fourth-order valence-electron chi connectivity index (χ4n) is 3.61. The van der Waals surface area contributed by atoms with Gasteiger partial charge in [-0.05, 0) is 55.2 Å². The van der Waals surface area contributed by atoms with Crippen molar-refractivity contribution >= 4 is 21.6 Å². The molecule has 0 aromatic heterocycles. The van der Waals surface area contributed by atoms with Gasteiger partial charge in [0, 0.05) is 39.4 Å². The fourth-order valence-corrected chi connectivity index (χ4v) is 4.73. The number of piperidine rings is 1. The number of halogens is 1. The predicted octanol–water partition coefficient (Wildman–Crippen LogP) is 3.10. The third kappa shape index (κ3) is 5.17. The molecular weight excluding hydrogens is 405 g/mol. The van der Waals surface area contributed by atoms with Crippen molar-refractivity contribution in [2.45, 2.75) is 30.7 Å². The van der Waals surface area contributed by atoms with Crippen molar-refractivity contribution in [3.63, 3.8) is 0 Å². The van der Waals surface area contributed by atoms with Gasteiger partial charge in [0.2, 0.25) is 15.9 Å². The van der Waals surface area contributed by atoms with Crippen LogP contribution in [0.1, 0.15) is 24.8 Å². The van der Waals surface area contributed by atoms with Crippen molar-refractivity contribution in [3.05, 3.63) is 59.9 Å². The molecule has 0 radical (unpaired) electrons. The third-order valence-corrected chi connectivity index (χ3v) is 7.22. The lowest BCUT2D eigenvalue weighted by Gasteiger charge is -2.31. The van der Waals surface area contributed by atoms with E-state index in [9.17, 15) is 17.6 Å². The maximum absolute atomic E-state index is 13.1. The third-order valence-electron chi connectivity index (χ3n) is 5.40. The highest BCUT2D eigenvalue weighted by Gasteiger charge is 2.25. The van der Waals surface area contributed by atoms with Crippen molar-refractivity contribution in [1.82, 2.24) is 9.21 Å². The first-order valence-corrected chi connectivity index (χ1v) is 11.5. The maximum atomic E-state index is 13.1. The summed E-state index contributed by atoms with van der Waals surface area (Å²) in [6, 6.07) is 12.6. The average Bonchev–Trinajstić information content (AvgIpc) is 2.75. The Hall–Kier alpha value is -2.45. The summed E-state index contributed by atoms with van der Waals surface area (Å²) in [6.45, 7) is 2.12. The molecule has 1 aliphatic heterocycles. The lowest BCUT2D eigenvalue weighted by atomic mass is 10.1. The van der Waals surface area contributed by atoms with Crippen molar-refractivity contribution in [3.8, 4) is 0 Å². The second-order valence-electron chi connectivity index (χ2n) is 7.64. The standard InChI is InChI=1S/C22H28FN3O3S/c1-24(16-18-8-4-5-9-21(18)26-14-6-3-7-15-26)22(27)17-25(2)30(28,29)20-12-10-19(23)11-13-20/h4-5,8-13H,3,6-7,14-17H2,1-2H3. The highest BCUT2D eigenvalue weighted by atomic mass is 32.2. The number of hydrogen-bond donors (Lipinski definition) is 0. The highest BCUT2D eigenvalue weighted by molar-refractivity contribution is 7.89. The van der Waals surface area contributed by atoms with Crippen LogP contribution in [-0.4, -0.2) is 57.3 Å². The van der Waals surface area contributed by atoms with Gasteiger partial charge in [0.1, 0.15) is 5.82 Å². The van der Waals surface area contributed by atoms with E-state index in [1.165, 1.54) is 25.6 Å². The summed E-state index contributed by atoms with van der Waals surface area (Å²) in [5.41, 5.74) is 2.17. The molecule has 2 aromatic carbocycles. The van der Waals surface area contributed by atoms with Gasteiger partial charge in [-0.3, -0.25) is 4.79 Å². The molecule has 162 valence electrons. The number of anilines is 1. The first kappa shape index (κ1) is 22.2. The molecule has 1 amide bonds. The van der Waals surface area contributed by atoms with Crippen LogP contribution in [-0.2, 0) is 21.4 Å². The number of rotatable bonds is 7. The Morgan fingerprint density at radius 2 is 1.63 bits per heavy atom. The Bertz CT molecular complexity index is 973. The molecule has 0 atom stereocenters. The first-order valence-electron chi connectivity index (χ1n) is 10.1. The van der Waals surface area contributed by atoms with E-state index in [1.54, 1.807) is 11.9 Å². The Balaban J connectivity index is 1.67. The number of benzene rings is 2. The molecule has 0 N–H and O–H groups in total. The Morgan fingerprint density at radius 1 is 1.00 bits per heavy atom. The van der Waals surface area contributed by atoms with Crippen LogP contribution < -0.4 is 4.90 Å². The van der Waals surface area contributed by atoms with Crippen LogP contribution in [0.3, 0.4) is 0 Å². The summed E-state index contributed by atoms with van der Waals surface area (Å²) in [7, 11) is -0.844. The van der Waals surface area contributed by atoms with Crippen molar-refractivity contribution in [1.29, 1.82) is 0 Å². The fraction of sp³-hybridized carbons (Fsp3) is 0.409. The molecule has 0 saturated carbocycles. The van der Waals surface area contributed by atoms with Crippen LogP contribution in [0.4, 0.5) is 10.1 Å². The van der Waals surface area contributed by atoms with E-state index in [0.29, 0.717) is 6.54 Å². The van der Waals surface area contributed by atoms with Gasteiger partial charge >= 0.3 is 0 Å². The van der Waals surface area contributed by atoms with E-state index in [4.69, 9.17) is 0 Å². The number of likely N-dealkylation sites (N-methyl/N-ethyl adjacent to an activating group) is 2. The van der Waals surface area contributed by atoms with E-state index < -0.39 is 15.8 Å². The first-order chi connectivity index (χ1) is 14.3. The largest absolute Gasteiger partial charge is 0.371 e. The summed E-state index contributed by atoms with van der Waals surface area (Å²) in [4.78, 5) is 16.6. The number of nitrogens with zero attached hydrogens (tertiary/aromatic N) is 3. The summed E-state index contributed by atoms with van der Waals surface area (Å²) < 4.78 is 39.4. The van der Waals surface area contributed by atoms with Crippen LogP contribution in [0.2, 0.25) is 0 Å². The quantitative estimate of drug-likeness (QED) is 0.673. The minimum Gasteiger partial charge on any atom is -0.371 e. The van der Waals surface area contributed by atoms with Gasteiger partial charge in [-0.1, -0.05) is 18.2 Å². The summed E-state index contributed by atoms with van der Waals surface area (Å²) >= 11 is 0. The second-order valence-corrected chi connectivity index (χ2v) is 9.69. The molecule has 0 aliphatic carbocycles. The van der Waals surface area contributed by atoms with E-state index >= 15 is 0 Å². The molecule has 3 rings (SSSR count). The number of para-hydroxylation sites is 1. The van der Waals surface area contributed by atoms with Crippen molar-refractivity contribution < 1.29 is 17.6 Å². The smallest absolute Gasteiger partial charge is 0.243 e. The number of hydrogen-bond acceptors (Lipinski definition) is 4. The van der Waals surface area contributed by atoms with Gasteiger partial charge in [0.15, 0.2) is 0 Å². The van der Waals surface area contributed by atoms with E-state index in [2.05, 4.69) is 11.0 Å². The van der Waals surface area contributed by atoms with Gasteiger partial charge < -0.3 is 9.80 Å². The topological polar surface area (TPSA) is 60.9 Å². The van der Waals surface area contributed by atoms with Crippen LogP contribution in [0, 0.1) is 5.82 Å². The van der Waals surface area contributed by atoms with Gasteiger partial charge in [0.05, 0.1) is 11.4 Å². The van der Waals surface area contributed by atoms with Crippen molar-refractivity contribution in [2.24, 2.45) is 0 Å². The highest BCUT2D eigenvalue weighted by Crippen LogP contribution is 2.25. The lowest BCUT2D eigenvalue weighted by Crippen LogP contribution is -2.39. The lowest BCUT2D eigenvalue weighted by molar-refractivity contribution is -0.130. The monoisotopic (exact) mass is 433 g/mol. The average molecular weight is 434 g/mol. The zero-order chi connectivity index (χ0) is 21.7. The van der Waals surface area contributed by atoms with Gasteiger partial charge in [-0.2, -0.15) is 4.31 Å². The van der Waals surface area contributed by atoms with Gasteiger partial charge in [-0.15, -0.1) is 0 Å². The molecule has 6 nitrogen and oxygen atoms in total. The molecule has 0 bridgehead atoms. The van der Waals surface area contributed by atoms with Crippen LogP contribution in [0.25, 0.3) is 0 Å². The molecule has 2 aromatic rings. The van der Waals surface area contributed by atoms with Gasteiger partial charge in [0.25, 0.3) is 0 Å². The van der Waals surface area contributed by atoms with Crippen LogP contribution in [0.15, 0.2) is 53.4 Å². The Labute approximate surface area is 177 Å². The molecular formula is C22H28FN3O3S.